The first-order valence-corrected chi connectivity index (χ1v) is 9.35. The molecule has 4 rings (SSSR count). The summed E-state index contributed by atoms with van der Waals surface area (Å²) < 4.78 is 20.7. The molecule has 0 atom stereocenters. The number of ether oxygens (including phenoxy) is 1. The van der Waals surface area contributed by atoms with Crippen LogP contribution < -0.4 is 4.74 Å². The summed E-state index contributed by atoms with van der Waals surface area (Å²) in [7, 11) is 0. The highest BCUT2D eigenvalue weighted by molar-refractivity contribution is 7.20. The summed E-state index contributed by atoms with van der Waals surface area (Å²) in [5.74, 6) is -0.518. The molecule has 0 aliphatic carbocycles. The predicted molar refractivity (Wildman–Crippen MR) is 105 cm³/mol. The van der Waals surface area contributed by atoms with Gasteiger partial charge in [0.2, 0.25) is 0 Å². The van der Waals surface area contributed by atoms with Gasteiger partial charge in [-0.1, -0.05) is 23.7 Å². The van der Waals surface area contributed by atoms with Gasteiger partial charge in [-0.25, -0.2) is 13.9 Å². The lowest BCUT2D eigenvalue weighted by atomic mass is 10.2. The summed E-state index contributed by atoms with van der Waals surface area (Å²) in [6.45, 7) is 3.74. The molecule has 2 aromatic heterocycles. The molecule has 0 unspecified atom stereocenters. The molecule has 0 N–H and O–H groups in total. The van der Waals surface area contributed by atoms with Crippen LogP contribution in [0.15, 0.2) is 48.5 Å². The van der Waals surface area contributed by atoms with Gasteiger partial charge in [0.15, 0.2) is 0 Å². The van der Waals surface area contributed by atoms with Gasteiger partial charge in [0.1, 0.15) is 21.3 Å². The Morgan fingerprint density at radius 3 is 2.78 bits per heavy atom. The van der Waals surface area contributed by atoms with Crippen molar-refractivity contribution < 1.29 is 13.9 Å². The van der Waals surface area contributed by atoms with Gasteiger partial charge in [-0.05, 0) is 55.8 Å². The normalized spacial score (nSPS) is 11.1. The Balaban J connectivity index is 1.72. The van der Waals surface area contributed by atoms with E-state index < -0.39 is 5.97 Å². The number of carbonyl (C=O) groups excluding carboxylic acids is 1. The molecular weight excluding hydrogens is 387 g/mol. The van der Waals surface area contributed by atoms with E-state index in [1.54, 1.807) is 35.0 Å². The molecule has 4 nitrogen and oxygen atoms in total. The van der Waals surface area contributed by atoms with Gasteiger partial charge in [-0.2, -0.15) is 5.10 Å². The van der Waals surface area contributed by atoms with Crippen molar-refractivity contribution in [3.8, 4) is 11.4 Å². The minimum atomic E-state index is -0.492. The van der Waals surface area contributed by atoms with Crippen molar-refractivity contribution in [1.29, 1.82) is 0 Å². The number of fused-ring (bicyclic) bond motifs is 1. The topological polar surface area (TPSA) is 44.1 Å². The predicted octanol–water partition coefficient (Wildman–Crippen LogP) is 5.72. The maximum atomic E-state index is 13.6. The molecule has 136 valence electrons. The summed E-state index contributed by atoms with van der Waals surface area (Å²) in [6.07, 6.45) is 0. The zero-order chi connectivity index (χ0) is 19.1. The number of hydrogen-bond acceptors (Lipinski definition) is 4. The monoisotopic (exact) mass is 400 g/mol. The quantitative estimate of drug-likeness (QED) is 0.326. The number of benzene rings is 2. The summed E-state index contributed by atoms with van der Waals surface area (Å²) in [5.41, 5.74) is 2.28. The van der Waals surface area contributed by atoms with Gasteiger partial charge in [-0.3, -0.25) is 0 Å². The summed E-state index contributed by atoms with van der Waals surface area (Å²) in [6, 6.07) is 13.1. The number of esters is 1. The van der Waals surface area contributed by atoms with Gasteiger partial charge in [-0.15, -0.1) is 11.3 Å². The number of carbonyl (C=O) groups is 1. The number of halogens is 2. The van der Waals surface area contributed by atoms with Crippen LogP contribution in [0.4, 0.5) is 4.39 Å². The van der Waals surface area contributed by atoms with Crippen LogP contribution >= 0.6 is 22.9 Å². The molecule has 0 amide bonds. The number of nitrogens with zero attached hydrogens (tertiary/aromatic N) is 2. The molecular formula is C20H14ClFN2O2S. The standard InChI is InChI=1S/C20H14ClFN2O2S/c1-11-6-7-16(21)17(8-11)26-20(25)18-10-15-12(2)23-24(19(15)27-18)14-5-3-4-13(22)9-14/h3-10H,1-2H3. The second-order valence-electron chi connectivity index (χ2n) is 6.13. The van der Waals surface area contributed by atoms with Crippen molar-refractivity contribution in [1.82, 2.24) is 9.78 Å². The first-order chi connectivity index (χ1) is 12.9. The van der Waals surface area contributed by atoms with Gasteiger partial charge in [0, 0.05) is 5.39 Å². The minimum absolute atomic E-state index is 0.322. The number of aromatic nitrogens is 2. The van der Waals surface area contributed by atoms with Crippen molar-refractivity contribution in [3.05, 3.63) is 75.5 Å². The smallest absolute Gasteiger partial charge is 0.353 e. The molecule has 0 radical (unpaired) electrons. The van der Waals surface area contributed by atoms with Crippen LogP contribution in [0.1, 0.15) is 20.9 Å². The lowest BCUT2D eigenvalue weighted by Crippen LogP contribution is -2.07. The molecule has 0 spiro atoms. The molecule has 2 aromatic carbocycles. The first kappa shape index (κ1) is 17.7. The fourth-order valence-corrected chi connectivity index (χ4v) is 3.99. The summed E-state index contributed by atoms with van der Waals surface area (Å²) in [4.78, 5) is 13.8. The maximum Gasteiger partial charge on any atom is 0.353 e. The number of thiophene rings is 1. The van der Waals surface area contributed by atoms with E-state index in [9.17, 15) is 9.18 Å². The van der Waals surface area contributed by atoms with Crippen molar-refractivity contribution in [3.63, 3.8) is 0 Å². The van der Waals surface area contributed by atoms with Crippen LogP contribution in [0, 0.1) is 19.7 Å². The molecule has 7 heteroatoms. The fraction of sp³-hybridized carbons (Fsp3) is 0.100. The maximum absolute atomic E-state index is 13.6. The summed E-state index contributed by atoms with van der Waals surface area (Å²) in [5, 5.41) is 5.66. The van der Waals surface area contributed by atoms with Crippen LogP contribution in [0.3, 0.4) is 0 Å². The molecule has 4 aromatic rings. The second-order valence-corrected chi connectivity index (χ2v) is 7.57. The zero-order valence-corrected chi connectivity index (χ0v) is 16.1. The van der Waals surface area contributed by atoms with E-state index in [-0.39, 0.29) is 5.82 Å². The third kappa shape index (κ3) is 3.34. The highest BCUT2D eigenvalue weighted by Crippen LogP contribution is 2.32. The van der Waals surface area contributed by atoms with E-state index in [4.69, 9.17) is 16.3 Å². The van der Waals surface area contributed by atoms with Crippen molar-refractivity contribution >= 4 is 39.1 Å². The molecule has 0 fully saturated rings. The molecule has 0 aliphatic heterocycles. The first-order valence-electron chi connectivity index (χ1n) is 8.16. The van der Waals surface area contributed by atoms with Gasteiger partial charge < -0.3 is 4.74 Å². The van der Waals surface area contributed by atoms with Gasteiger partial charge in [0.05, 0.1) is 16.4 Å². The number of rotatable bonds is 3. The number of hydrogen-bond donors (Lipinski definition) is 0. The third-order valence-corrected chi connectivity index (χ3v) is 5.49. The fourth-order valence-electron chi connectivity index (χ4n) is 2.77. The Hall–Kier alpha value is -2.70. The SMILES string of the molecule is Cc1ccc(Cl)c(OC(=O)c2cc3c(C)nn(-c4cccc(F)c4)c3s2)c1. The van der Waals surface area contributed by atoms with Crippen LogP contribution in [0.2, 0.25) is 5.02 Å². The lowest BCUT2D eigenvalue weighted by Gasteiger charge is -2.06. The Kier molecular flexibility index (Phi) is 4.45. The van der Waals surface area contributed by atoms with E-state index in [1.807, 2.05) is 19.9 Å². The van der Waals surface area contributed by atoms with Crippen molar-refractivity contribution in [2.24, 2.45) is 0 Å². The van der Waals surface area contributed by atoms with E-state index in [0.29, 0.717) is 21.3 Å². The lowest BCUT2D eigenvalue weighted by molar-refractivity contribution is 0.0740. The Bertz CT molecular complexity index is 1180. The Morgan fingerprint density at radius 1 is 1.19 bits per heavy atom. The number of aryl methyl sites for hydroxylation is 2. The molecule has 2 heterocycles. The minimum Gasteiger partial charge on any atom is -0.421 e. The van der Waals surface area contributed by atoms with Crippen LogP contribution in [0.5, 0.6) is 5.75 Å². The van der Waals surface area contributed by atoms with Crippen LogP contribution in [-0.4, -0.2) is 15.7 Å². The van der Waals surface area contributed by atoms with Crippen molar-refractivity contribution in [2.75, 3.05) is 0 Å². The second kappa shape index (κ2) is 6.79. The van der Waals surface area contributed by atoms with E-state index >= 15 is 0 Å². The average Bonchev–Trinajstić information content (AvgIpc) is 3.19. The van der Waals surface area contributed by atoms with Gasteiger partial charge in [0.25, 0.3) is 0 Å². The van der Waals surface area contributed by atoms with E-state index in [0.717, 1.165) is 21.5 Å². The van der Waals surface area contributed by atoms with E-state index in [2.05, 4.69) is 5.10 Å². The highest BCUT2D eigenvalue weighted by atomic mass is 35.5. The Morgan fingerprint density at radius 2 is 2.00 bits per heavy atom. The van der Waals surface area contributed by atoms with Crippen molar-refractivity contribution in [2.45, 2.75) is 13.8 Å². The molecule has 0 bridgehead atoms. The molecule has 27 heavy (non-hydrogen) atoms. The van der Waals surface area contributed by atoms with Crippen LogP contribution in [-0.2, 0) is 0 Å². The molecule has 0 saturated carbocycles. The third-order valence-electron chi connectivity index (χ3n) is 4.09. The average molecular weight is 401 g/mol. The molecule has 0 saturated heterocycles. The molecule has 0 aliphatic rings. The highest BCUT2D eigenvalue weighted by Gasteiger charge is 2.19. The van der Waals surface area contributed by atoms with E-state index in [1.165, 1.54) is 23.5 Å². The largest absolute Gasteiger partial charge is 0.421 e. The Labute approximate surface area is 163 Å². The van der Waals surface area contributed by atoms with Gasteiger partial charge >= 0.3 is 5.97 Å². The zero-order valence-electron chi connectivity index (χ0n) is 14.5. The summed E-state index contributed by atoms with van der Waals surface area (Å²) >= 11 is 7.35. The van der Waals surface area contributed by atoms with Crippen LogP contribution in [0.25, 0.3) is 15.9 Å².